The Balaban J connectivity index is 1.89. The number of carbonyl (C=O) groups excluding carboxylic acids is 1. The van der Waals surface area contributed by atoms with Gasteiger partial charge in [0.25, 0.3) is 0 Å². The molecule has 0 saturated heterocycles. The van der Waals surface area contributed by atoms with Crippen LogP contribution in [0.25, 0.3) is 0 Å². The molecule has 0 aliphatic heterocycles. The van der Waals surface area contributed by atoms with Crippen LogP contribution in [0.5, 0.6) is 0 Å². The number of nitrogens with one attached hydrogen (secondary N) is 1. The van der Waals surface area contributed by atoms with Gasteiger partial charge in [-0.1, -0.05) is 28.1 Å². The van der Waals surface area contributed by atoms with Gasteiger partial charge in [0.1, 0.15) is 6.04 Å². The lowest BCUT2D eigenvalue weighted by Gasteiger charge is -2.18. The lowest BCUT2D eigenvalue weighted by atomic mass is 10.1. The van der Waals surface area contributed by atoms with Gasteiger partial charge in [-0.25, -0.2) is 4.98 Å². The molecular formula is C15H18BrN3O. The highest BCUT2D eigenvalue weighted by molar-refractivity contribution is 9.10. The molecule has 0 bridgehead atoms. The number of hydrogen-bond donors (Lipinski definition) is 1. The summed E-state index contributed by atoms with van der Waals surface area (Å²) in [5, 5.41) is 3.03. The van der Waals surface area contributed by atoms with E-state index in [2.05, 4.69) is 38.4 Å². The molecule has 5 heteroatoms. The minimum atomic E-state index is -0.245. The topological polar surface area (TPSA) is 46.9 Å². The van der Waals surface area contributed by atoms with Crippen LogP contribution in [0.4, 0.5) is 0 Å². The first-order chi connectivity index (χ1) is 9.56. The molecule has 2 rings (SSSR count). The number of hydrogen-bond acceptors (Lipinski definition) is 2. The fraction of sp³-hybridized carbons (Fsp3) is 0.333. The summed E-state index contributed by atoms with van der Waals surface area (Å²) in [5.74, 6) is 0.00705. The van der Waals surface area contributed by atoms with E-state index in [-0.39, 0.29) is 18.0 Å². The van der Waals surface area contributed by atoms with E-state index >= 15 is 0 Å². The zero-order chi connectivity index (χ0) is 14.5. The SMILES string of the molecule is C[C@@H](Cc1ccc(Br)cc1)NC(=O)[C@H](C)n1ccnc1. The van der Waals surface area contributed by atoms with E-state index in [9.17, 15) is 4.79 Å². The van der Waals surface area contributed by atoms with E-state index in [1.54, 1.807) is 23.3 Å². The van der Waals surface area contributed by atoms with Crippen molar-refractivity contribution in [2.45, 2.75) is 32.4 Å². The molecule has 4 nitrogen and oxygen atoms in total. The number of rotatable bonds is 5. The summed E-state index contributed by atoms with van der Waals surface area (Å²) in [5.41, 5.74) is 1.20. The standard InChI is InChI=1S/C15H18BrN3O/c1-11(9-13-3-5-14(16)6-4-13)18-15(20)12(2)19-8-7-17-10-19/h3-8,10-12H,9H2,1-2H3,(H,18,20)/t11-,12-/m0/s1. The highest BCUT2D eigenvalue weighted by Gasteiger charge is 2.16. The van der Waals surface area contributed by atoms with Gasteiger partial charge in [0.05, 0.1) is 6.33 Å². The molecule has 0 radical (unpaired) electrons. The van der Waals surface area contributed by atoms with Crippen LogP contribution in [0.15, 0.2) is 47.5 Å². The van der Waals surface area contributed by atoms with E-state index in [4.69, 9.17) is 0 Å². The molecule has 0 spiro atoms. The number of carbonyl (C=O) groups is 1. The Labute approximate surface area is 127 Å². The largest absolute Gasteiger partial charge is 0.352 e. The van der Waals surface area contributed by atoms with Crippen LogP contribution in [0.2, 0.25) is 0 Å². The Bertz CT molecular complexity index is 551. The van der Waals surface area contributed by atoms with E-state index in [1.165, 1.54) is 5.56 Å². The number of amides is 1. The Morgan fingerprint density at radius 3 is 2.65 bits per heavy atom. The van der Waals surface area contributed by atoms with Crippen LogP contribution in [0, 0.1) is 0 Å². The number of aromatic nitrogens is 2. The minimum Gasteiger partial charge on any atom is -0.352 e. The normalized spacial score (nSPS) is 13.8. The van der Waals surface area contributed by atoms with Crippen molar-refractivity contribution in [1.82, 2.24) is 14.9 Å². The molecule has 2 aromatic rings. The number of nitrogens with zero attached hydrogens (tertiary/aromatic N) is 2. The average molecular weight is 336 g/mol. The fourth-order valence-corrected chi connectivity index (χ4v) is 2.29. The zero-order valence-electron chi connectivity index (χ0n) is 11.6. The van der Waals surface area contributed by atoms with Crippen molar-refractivity contribution in [3.8, 4) is 0 Å². The second-order valence-electron chi connectivity index (χ2n) is 4.93. The molecule has 2 atom stereocenters. The van der Waals surface area contributed by atoms with Crippen LogP contribution >= 0.6 is 15.9 Å². The van der Waals surface area contributed by atoms with E-state index in [0.717, 1.165) is 10.9 Å². The number of halogens is 1. The summed E-state index contributed by atoms with van der Waals surface area (Å²) in [7, 11) is 0. The maximum absolute atomic E-state index is 12.1. The maximum atomic E-state index is 12.1. The molecule has 0 unspecified atom stereocenters. The quantitative estimate of drug-likeness (QED) is 0.913. The van der Waals surface area contributed by atoms with Crippen molar-refractivity contribution < 1.29 is 4.79 Å². The van der Waals surface area contributed by atoms with Gasteiger partial charge < -0.3 is 9.88 Å². The van der Waals surface area contributed by atoms with Crippen LogP contribution in [0.3, 0.4) is 0 Å². The zero-order valence-corrected chi connectivity index (χ0v) is 13.2. The molecule has 0 aliphatic rings. The predicted molar refractivity (Wildman–Crippen MR) is 82.4 cm³/mol. The summed E-state index contributed by atoms with van der Waals surface area (Å²) < 4.78 is 2.86. The Kier molecular flexibility index (Phi) is 4.95. The molecule has 20 heavy (non-hydrogen) atoms. The second kappa shape index (κ2) is 6.70. The predicted octanol–water partition coefficient (Wildman–Crippen LogP) is 2.95. The summed E-state index contributed by atoms with van der Waals surface area (Å²) in [6, 6.07) is 7.99. The van der Waals surface area contributed by atoms with Gasteiger partial charge in [-0.3, -0.25) is 4.79 Å². The van der Waals surface area contributed by atoms with Gasteiger partial charge in [-0.2, -0.15) is 0 Å². The summed E-state index contributed by atoms with van der Waals surface area (Å²) in [6.45, 7) is 3.88. The Hall–Kier alpha value is -1.62. The van der Waals surface area contributed by atoms with Gasteiger partial charge >= 0.3 is 0 Å². The van der Waals surface area contributed by atoms with Gasteiger partial charge in [-0.05, 0) is 38.0 Å². The Morgan fingerprint density at radius 1 is 1.35 bits per heavy atom. The molecule has 1 aromatic heterocycles. The third kappa shape index (κ3) is 3.93. The molecule has 1 aromatic carbocycles. The van der Waals surface area contributed by atoms with Gasteiger partial charge in [0, 0.05) is 22.9 Å². The first-order valence-corrected chi connectivity index (χ1v) is 7.38. The van der Waals surface area contributed by atoms with Crippen molar-refractivity contribution in [3.05, 3.63) is 53.0 Å². The number of benzene rings is 1. The van der Waals surface area contributed by atoms with Crippen molar-refractivity contribution in [3.63, 3.8) is 0 Å². The number of imidazole rings is 1. The molecule has 1 N–H and O–H groups in total. The van der Waals surface area contributed by atoms with Crippen LogP contribution in [-0.2, 0) is 11.2 Å². The van der Waals surface area contributed by atoms with Crippen LogP contribution in [-0.4, -0.2) is 21.5 Å². The lowest BCUT2D eigenvalue weighted by molar-refractivity contribution is -0.124. The van der Waals surface area contributed by atoms with E-state index in [1.807, 2.05) is 26.0 Å². The average Bonchev–Trinajstić information content (AvgIpc) is 2.94. The third-order valence-corrected chi connectivity index (χ3v) is 3.72. The van der Waals surface area contributed by atoms with Crippen molar-refractivity contribution in [2.75, 3.05) is 0 Å². The van der Waals surface area contributed by atoms with E-state index < -0.39 is 0 Å². The first kappa shape index (κ1) is 14.8. The first-order valence-electron chi connectivity index (χ1n) is 6.58. The Morgan fingerprint density at radius 2 is 2.05 bits per heavy atom. The summed E-state index contributed by atoms with van der Waals surface area (Å²) >= 11 is 3.41. The third-order valence-electron chi connectivity index (χ3n) is 3.20. The smallest absolute Gasteiger partial charge is 0.243 e. The molecule has 106 valence electrons. The fourth-order valence-electron chi connectivity index (χ4n) is 2.02. The summed E-state index contributed by atoms with van der Waals surface area (Å²) in [6.07, 6.45) is 5.94. The van der Waals surface area contributed by atoms with Crippen molar-refractivity contribution in [1.29, 1.82) is 0 Å². The van der Waals surface area contributed by atoms with Crippen molar-refractivity contribution in [2.24, 2.45) is 0 Å². The molecule has 1 heterocycles. The molecule has 0 fully saturated rings. The monoisotopic (exact) mass is 335 g/mol. The highest BCUT2D eigenvalue weighted by Crippen LogP contribution is 2.12. The lowest BCUT2D eigenvalue weighted by Crippen LogP contribution is -2.38. The molecule has 1 amide bonds. The molecule has 0 aliphatic carbocycles. The van der Waals surface area contributed by atoms with Crippen LogP contribution < -0.4 is 5.32 Å². The van der Waals surface area contributed by atoms with E-state index in [0.29, 0.717) is 0 Å². The van der Waals surface area contributed by atoms with Gasteiger partial charge in [0.15, 0.2) is 0 Å². The second-order valence-corrected chi connectivity index (χ2v) is 5.84. The maximum Gasteiger partial charge on any atom is 0.243 e. The van der Waals surface area contributed by atoms with Gasteiger partial charge in [0.2, 0.25) is 5.91 Å². The molecule has 0 saturated carbocycles. The molecular weight excluding hydrogens is 318 g/mol. The van der Waals surface area contributed by atoms with Crippen molar-refractivity contribution >= 4 is 21.8 Å². The summed E-state index contributed by atoms with van der Waals surface area (Å²) in [4.78, 5) is 16.1. The minimum absolute atomic E-state index is 0.00705. The van der Waals surface area contributed by atoms with Gasteiger partial charge in [-0.15, -0.1) is 0 Å². The van der Waals surface area contributed by atoms with Crippen LogP contribution in [0.1, 0.15) is 25.5 Å². The highest BCUT2D eigenvalue weighted by atomic mass is 79.9.